The predicted octanol–water partition coefficient (Wildman–Crippen LogP) is 3.69. The van der Waals surface area contributed by atoms with Gasteiger partial charge >= 0.3 is 12.1 Å². The molecule has 5 aliphatic heterocycles. The Hall–Kier alpha value is -4.03. The van der Waals surface area contributed by atoms with E-state index in [4.69, 9.17) is 18.9 Å². The van der Waals surface area contributed by atoms with Gasteiger partial charge in [0.25, 0.3) is 5.91 Å². The van der Waals surface area contributed by atoms with Crippen LogP contribution in [0, 0.1) is 6.92 Å². The molecule has 1 atom stereocenters. The van der Waals surface area contributed by atoms with Crippen molar-refractivity contribution in [2.24, 2.45) is 0 Å². The van der Waals surface area contributed by atoms with Gasteiger partial charge in [-0.2, -0.15) is 0 Å². The van der Waals surface area contributed by atoms with Crippen LogP contribution in [0.4, 0.5) is 15.3 Å². The summed E-state index contributed by atoms with van der Waals surface area (Å²) in [5.41, 5.74) is 3.77. The van der Waals surface area contributed by atoms with Crippen LogP contribution < -0.4 is 14.8 Å². The lowest BCUT2D eigenvalue weighted by atomic mass is 10.0. The van der Waals surface area contributed by atoms with E-state index in [0.29, 0.717) is 70.6 Å². The number of ether oxygens (including phenoxy) is 4. The van der Waals surface area contributed by atoms with Gasteiger partial charge in [-0.15, -0.1) is 0 Å². The number of urea groups is 1. The number of hydrogen-bond acceptors (Lipinski definition) is 8. The molecule has 3 saturated heterocycles. The van der Waals surface area contributed by atoms with Gasteiger partial charge in [-0.05, 0) is 67.9 Å². The van der Waals surface area contributed by atoms with E-state index >= 15 is 0 Å². The molecule has 12 heteroatoms. The second kappa shape index (κ2) is 14.6. The number of amides is 4. The summed E-state index contributed by atoms with van der Waals surface area (Å²) in [6, 6.07) is 12.2. The highest BCUT2D eigenvalue weighted by atomic mass is 16.6. The average molecular weight is 662 g/mol. The third kappa shape index (κ3) is 7.19. The van der Waals surface area contributed by atoms with E-state index in [9.17, 15) is 14.4 Å². The molecule has 0 aromatic heterocycles. The normalized spacial score (nSPS) is 21.6. The Bertz CT molecular complexity index is 1480. The van der Waals surface area contributed by atoms with Crippen LogP contribution in [0.1, 0.15) is 42.4 Å². The summed E-state index contributed by atoms with van der Waals surface area (Å²) < 4.78 is 23.3. The second-order valence-electron chi connectivity index (χ2n) is 13.5. The highest BCUT2D eigenvalue weighted by Gasteiger charge is 2.36. The molecule has 1 N–H and O–H groups in total. The van der Waals surface area contributed by atoms with E-state index in [2.05, 4.69) is 10.2 Å². The SMILES string of the molecule is Cc1cc(C[C@@H](OC(=O)N2CCC(N3CCc4ccccc4NC3=O)CC2)C(=O)N2CCN(C3CCOCC3)CC2)cc2c1OCCO2. The maximum Gasteiger partial charge on any atom is 0.410 e. The Morgan fingerprint density at radius 3 is 2.42 bits per heavy atom. The van der Waals surface area contributed by atoms with Gasteiger partial charge in [0.1, 0.15) is 13.2 Å². The summed E-state index contributed by atoms with van der Waals surface area (Å²) in [6.45, 7) is 8.81. The van der Waals surface area contributed by atoms with Crippen LogP contribution in [-0.4, -0.2) is 128 Å². The quantitative estimate of drug-likeness (QED) is 0.499. The van der Waals surface area contributed by atoms with Gasteiger partial charge in [0.05, 0.1) is 0 Å². The monoisotopic (exact) mass is 661 g/mol. The van der Waals surface area contributed by atoms with Gasteiger partial charge < -0.3 is 39.0 Å². The fourth-order valence-electron chi connectivity index (χ4n) is 7.77. The first-order valence-corrected chi connectivity index (χ1v) is 17.5. The minimum atomic E-state index is -0.971. The molecule has 4 amide bonds. The molecule has 0 bridgehead atoms. The van der Waals surface area contributed by atoms with Crippen LogP contribution in [-0.2, 0) is 27.1 Å². The third-order valence-electron chi connectivity index (χ3n) is 10.5. The van der Waals surface area contributed by atoms with Crippen molar-refractivity contribution in [2.45, 2.75) is 63.6 Å². The number of aryl methyl sites for hydroxylation is 1. The molecule has 0 radical (unpaired) electrons. The van der Waals surface area contributed by atoms with Gasteiger partial charge in [0.15, 0.2) is 17.6 Å². The van der Waals surface area contributed by atoms with E-state index in [1.54, 1.807) is 4.90 Å². The summed E-state index contributed by atoms with van der Waals surface area (Å²) in [6.07, 6.45) is 2.89. The number of benzene rings is 2. The van der Waals surface area contributed by atoms with Crippen LogP contribution in [0.25, 0.3) is 0 Å². The molecule has 5 heterocycles. The molecule has 0 spiro atoms. The second-order valence-corrected chi connectivity index (χ2v) is 13.5. The number of piperazine rings is 1. The van der Waals surface area contributed by atoms with Crippen LogP contribution in [0.3, 0.4) is 0 Å². The molecule has 2 aromatic carbocycles. The number of anilines is 1. The van der Waals surface area contributed by atoms with Gasteiger partial charge in [0.2, 0.25) is 0 Å². The molecule has 48 heavy (non-hydrogen) atoms. The van der Waals surface area contributed by atoms with Gasteiger partial charge in [-0.3, -0.25) is 9.69 Å². The van der Waals surface area contributed by atoms with Crippen molar-refractivity contribution >= 4 is 23.7 Å². The minimum Gasteiger partial charge on any atom is -0.486 e. The average Bonchev–Trinajstić information content (AvgIpc) is 3.29. The first kappa shape index (κ1) is 32.5. The molecule has 258 valence electrons. The highest BCUT2D eigenvalue weighted by molar-refractivity contribution is 5.91. The first-order chi connectivity index (χ1) is 23.4. The van der Waals surface area contributed by atoms with Crippen molar-refractivity contribution in [1.29, 1.82) is 0 Å². The molecule has 7 rings (SSSR count). The van der Waals surface area contributed by atoms with Crippen LogP contribution >= 0.6 is 0 Å². The smallest absolute Gasteiger partial charge is 0.410 e. The zero-order chi connectivity index (χ0) is 33.0. The van der Waals surface area contributed by atoms with E-state index in [1.807, 2.05) is 53.1 Å². The summed E-state index contributed by atoms with van der Waals surface area (Å²) in [4.78, 5) is 48.7. The number of para-hydroxylation sites is 1. The number of fused-ring (bicyclic) bond motifs is 2. The lowest BCUT2D eigenvalue weighted by molar-refractivity contribution is -0.143. The standard InChI is InChI=1S/C36H47N5O7/c1-25-22-26(23-31-33(25)47-21-20-46-31)24-32(34(42)39-16-14-38(15-17-39)28-9-18-45-19-10-28)48-36(44)40-11-7-29(8-12-40)41-13-6-27-4-2-3-5-30(27)37-35(41)43/h2-5,22-23,28-29,32H,6-21,24H2,1H3,(H,37,43)/t32-/m1/s1. The Kier molecular flexibility index (Phi) is 9.90. The molecule has 0 saturated carbocycles. The van der Waals surface area contributed by atoms with E-state index < -0.39 is 12.2 Å². The zero-order valence-corrected chi connectivity index (χ0v) is 27.9. The summed E-state index contributed by atoms with van der Waals surface area (Å²) in [7, 11) is 0. The fraction of sp³-hybridized carbons (Fsp3) is 0.583. The molecule has 0 unspecified atom stereocenters. The number of carbonyl (C=O) groups is 3. The number of nitrogens with one attached hydrogen (secondary N) is 1. The molecule has 5 aliphatic rings. The number of likely N-dealkylation sites (tertiary alicyclic amines) is 1. The molecule has 2 aromatic rings. The molecular formula is C36H47N5O7. The van der Waals surface area contributed by atoms with E-state index in [1.165, 1.54) is 0 Å². The highest BCUT2D eigenvalue weighted by Crippen LogP contribution is 2.35. The van der Waals surface area contributed by atoms with Crippen molar-refractivity contribution in [3.63, 3.8) is 0 Å². The third-order valence-corrected chi connectivity index (χ3v) is 10.5. The van der Waals surface area contributed by atoms with Crippen LogP contribution in [0.5, 0.6) is 11.5 Å². The number of rotatable bonds is 6. The molecule has 0 aliphatic carbocycles. The lowest BCUT2D eigenvalue weighted by Gasteiger charge is -2.41. The van der Waals surface area contributed by atoms with Crippen molar-refractivity contribution in [2.75, 3.05) is 77.6 Å². The predicted molar refractivity (Wildman–Crippen MR) is 179 cm³/mol. The van der Waals surface area contributed by atoms with E-state index in [0.717, 1.165) is 73.7 Å². The van der Waals surface area contributed by atoms with Gasteiger partial charge in [0, 0.05) is 83.2 Å². The van der Waals surface area contributed by atoms with Gasteiger partial charge in [-0.1, -0.05) is 24.3 Å². The topological polar surface area (TPSA) is 113 Å². The number of nitrogens with zero attached hydrogens (tertiary/aromatic N) is 4. The molecular weight excluding hydrogens is 614 g/mol. The number of carbonyl (C=O) groups excluding carboxylic acids is 3. The zero-order valence-electron chi connectivity index (χ0n) is 27.9. The maximum atomic E-state index is 14.1. The van der Waals surface area contributed by atoms with Crippen molar-refractivity contribution in [3.8, 4) is 11.5 Å². The summed E-state index contributed by atoms with van der Waals surface area (Å²) in [5.74, 6) is 1.21. The Labute approximate surface area is 282 Å². The number of piperidine rings is 1. The first-order valence-electron chi connectivity index (χ1n) is 17.5. The maximum absolute atomic E-state index is 14.1. The Morgan fingerprint density at radius 2 is 1.62 bits per heavy atom. The van der Waals surface area contributed by atoms with Crippen LogP contribution in [0.2, 0.25) is 0 Å². The van der Waals surface area contributed by atoms with Gasteiger partial charge in [-0.25, -0.2) is 9.59 Å². The van der Waals surface area contributed by atoms with Crippen LogP contribution in [0.15, 0.2) is 36.4 Å². The summed E-state index contributed by atoms with van der Waals surface area (Å²) in [5, 5.41) is 3.05. The summed E-state index contributed by atoms with van der Waals surface area (Å²) >= 11 is 0. The lowest BCUT2D eigenvalue weighted by Crippen LogP contribution is -2.56. The molecule has 3 fully saturated rings. The Morgan fingerprint density at radius 1 is 0.875 bits per heavy atom. The Balaban J connectivity index is 1.00. The molecule has 12 nitrogen and oxygen atoms in total. The number of hydrogen-bond donors (Lipinski definition) is 1. The largest absolute Gasteiger partial charge is 0.486 e. The fourth-order valence-corrected chi connectivity index (χ4v) is 7.77. The van der Waals surface area contributed by atoms with Crippen molar-refractivity contribution in [3.05, 3.63) is 53.1 Å². The van der Waals surface area contributed by atoms with Crippen molar-refractivity contribution in [1.82, 2.24) is 19.6 Å². The van der Waals surface area contributed by atoms with Crippen molar-refractivity contribution < 1.29 is 33.3 Å². The minimum absolute atomic E-state index is 0.0218. The van der Waals surface area contributed by atoms with E-state index in [-0.39, 0.29) is 24.4 Å².